The molecule has 1 heterocycles. The Bertz CT molecular complexity index is 1090. The minimum absolute atomic E-state index is 0.277. The molecule has 3 rings (SSSR count). The minimum Gasteiger partial charge on any atom is -0.497 e. The Kier molecular flexibility index (Phi) is 6.97. The molecule has 1 aromatic heterocycles. The third kappa shape index (κ3) is 4.88. The van der Waals surface area contributed by atoms with Gasteiger partial charge in [-0.25, -0.2) is 9.18 Å². The van der Waals surface area contributed by atoms with Crippen LogP contribution in [0.15, 0.2) is 42.5 Å². The number of benzene rings is 2. The van der Waals surface area contributed by atoms with Crippen molar-refractivity contribution in [3.63, 3.8) is 0 Å². The molecule has 0 aliphatic heterocycles. The summed E-state index contributed by atoms with van der Waals surface area (Å²) in [7, 11) is 3.21. The van der Waals surface area contributed by atoms with Crippen molar-refractivity contribution in [3.05, 3.63) is 81.9 Å². The van der Waals surface area contributed by atoms with Gasteiger partial charge < -0.3 is 24.5 Å². The van der Waals surface area contributed by atoms with Crippen LogP contribution in [0.1, 0.15) is 38.4 Å². The van der Waals surface area contributed by atoms with Crippen molar-refractivity contribution in [2.24, 2.45) is 0 Å². The molecule has 0 saturated heterocycles. The van der Waals surface area contributed by atoms with Gasteiger partial charge in [-0.15, -0.1) is 0 Å². The number of hydrogen-bond donors (Lipinski definition) is 2. The number of carboxylic acid groups (broad SMARTS) is 1. The topological polar surface area (TPSA) is 72.7 Å². The number of methoxy groups -OCH3 is 2. The number of halogens is 1. The van der Waals surface area contributed by atoms with Gasteiger partial charge in [-0.3, -0.25) is 0 Å². The SMILES string of the molecule is COc1ccc(OC)c(CNCc2c(C(=O)O)c(C)n(Cc3cccc(F)c3)c2C)c1. The van der Waals surface area contributed by atoms with E-state index in [0.717, 1.165) is 28.3 Å². The summed E-state index contributed by atoms with van der Waals surface area (Å²) in [5.41, 5.74) is 4.16. The summed E-state index contributed by atoms with van der Waals surface area (Å²) in [6.45, 7) is 4.92. The predicted molar refractivity (Wildman–Crippen MR) is 116 cm³/mol. The van der Waals surface area contributed by atoms with Crippen LogP contribution >= 0.6 is 0 Å². The zero-order valence-corrected chi connectivity index (χ0v) is 18.2. The Balaban J connectivity index is 1.85. The first-order valence-electron chi connectivity index (χ1n) is 9.93. The predicted octanol–water partition coefficient (Wildman–Crippen LogP) is 4.30. The quantitative estimate of drug-likeness (QED) is 0.534. The maximum absolute atomic E-state index is 13.6. The Morgan fingerprint density at radius 3 is 2.48 bits per heavy atom. The van der Waals surface area contributed by atoms with Crippen molar-refractivity contribution in [3.8, 4) is 11.5 Å². The van der Waals surface area contributed by atoms with E-state index in [-0.39, 0.29) is 11.4 Å². The molecular formula is C24H27FN2O4. The lowest BCUT2D eigenvalue weighted by molar-refractivity contribution is 0.0694. The van der Waals surface area contributed by atoms with Gasteiger partial charge >= 0.3 is 5.97 Å². The fraction of sp³-hybridized carbons (Fsp3) is 0.292. The van der Waals surface area contributed by atoms with Crippen molar-refractivity contribution in [2.45, 2.75) is 33.5 Å². The van der Waals surface area contributed by atoms with Crippen molar-refractivity contribution in [2.75, 3.05) is 14.2 Å². The summed E-state index contributed by atoms with van der Waals surface area (Å²) in [6.07, 6.45) is 0. The smallest absolute Gasteiger partial charge is 0.337 e. The molecule has 7 heteroatoms. The Morgan fingerprint density at radius 1 is 1.06 bits per heavy atom. The molecule has 0 amide bonds. The van der Waals surface area contributed by atoms with Gasteiger partial charge in [0.15, 0.2) is 0 Å². The molecule has 0 aliphatic rings. The number of nitrogens with zero attached hydrogens (tertiary/aromatic N) is 1. The fourth-order valence-corrected chi connectivity index (χ4v) is 3.85. The van der Waals surface area contributed by atoms with Gasteiger partial charge in [0, 0.05) is 42.1 Å². The summed E-state index contributed by atoms with van der Waals surface area (Å²) < 4.78 is 26.2. The van der Waals surface area contributed by atoms with Gasteiger partial charge in [-0.2, -0.15) is 0 Å². The molecule has 2 N–H and O–H groups in total. The molecule has 0 spiro atoms. The molecular weight excluding hydrogens is 399 g/mol. The highest BCUT2D eigenvalue weighted by Gasteiger charge is 2.22. The molecule has 0 saturated carbocycles. The number of carbonyl (C=O) groups is 1. The number of ether oxygens (including phenoxy) is 2. The van der Waals surface area contributed by atoms with Crippen molar-refractivity contribution in [1.29, 1.82) is 0 Å². The molecule has 0 radical (unpaired) electrons. The maximum Gasteiger partial charge on any atom is 0.337 e. The molecule has 0 fully saturated rings. The molecule has 0 aliphatic carbocycles. The molecule has 31 heavy (non-hydrogen) atoms. The molecule has 164 valence electrons. The van der Waals surface area contributed by atoms with E-state index in [1.807, 2.05) is 35.8 Å². The molecule has 0 atom stereocenters. The van der Waals surface area contributed by atoms with Gasteiger partial charge in [-0.1, -0.05) is 12.1 Å². The number of aromatic carboxylic acids is 1. The minimum atomic E-state index is -0.977. The van der Waals surface area contributed by atoms with Crippen LogP contribution in [0.25, 0.3) is 0 Å². The summed E-state index contributed by atoms with van der Waals surface area (Å²) >= 11 is 0. The lowest BCUT2D eigenvalue weighted by Crippen LogP contribution is -2.16. The number of carboxylic acids is 1. The third-order valence-electron chi connectivity index (χ3n) is 5.46. The van der Waals surface area contributed by atoms with Crippen LogP contribution in [0, 0.1) is 19.7 Å². The van der Waals surface area contributed by atoms with Crippen molar-refractivity contribution >= 4 is 5.97 Å². The first-order chi connectivity index (χ1) is 14.8. The molecule has 0 bridgehead atoms. The lowest BCUT2D eigenvalue weighted by Gasteiger charge is -2.12. The van der Waals surface area contributed by atoms with Crippen LogP contribution in [0.4, 0.5) is 4.39 Å². The zero-order valence-electron chi connectivity index (χ0n) is 18.2. The summed E-state index contributed by atoms with van der Waals surface area (Å²) in [4.78, 5) is 12.0. The number of hydrogen-bond acceptors (Lipinski definition) is 4. The number of aromatic nitrogens is 1. The average molecular weight is 426 g/mol. The van der Waals surface area contributed by atoms with Gasteiger partial charge in [-0.05, 0) is 49.7 Å². The van der Waals surface area contributed by atoms with Crippen molar-refractivity contribution in [1.82, 2.24) is 9.88 Å². The van der Waals surface area contributed by atoms with Crippen LogP contribution in [-0.2, 0) is 19.6 Å². The van der Waals surface area contributed by atoms with E-state index >= 15 is 0 Å². The standard InChI is InChI=1S/C24H27FN2O4/c1-15-21(13-26-12-18-11-20(30-3)8-9-22(18)31-4)23(24(28)29)16(2)27(15)14-17-6-5-7-19(25)10-17/h5-11,26H,12-14H2,1-4H3,(H,28,29). The van der Waals surface area contributed by atoms with E-state index in [9.17, 15) is 14.3 Å². The largest absolute Gasteiger partial charge is 0.497 e. The number of rotatable bonds is 9. The van der Waals surface area contributed by atoms with E-state index in [1.54, 1.807) is 27.2 Å². The van der Waals surface area contributed by atoms with E-state index in [1.165, 1.54) is 12.1 Å². The monoisotopic (exact) mass is 426 g/mol. The summed E-state index contributed by atoms with van der Waals surface area (Å²) in [6, 6.07) is 11.9. The first kappa shape index (κ1) is 22.4. The zero-order chi connectivity index (χ0) is 22.5. The van der Waals surface area contributed by atoms with Gasteiger partial charge in [0.2, 0.25) is 0 Å². The Morgan fingerprint density at radius 2 is 1.84 bits per heavy atom. The normalized spacial score (nSPS) is 10.9. The fourth-order valence-electron chi connectivity index (χ4n) is 3.85. The lowest BCUT2D eigenvalue weighted by atomic mass is 10.1. The first-order valence-corrected chi connectivity index (χ1v) is 9.93. The molecule has 2 aromatic carbocycles. The Labute approximate surface area is 181 Å². The van der Waals surface area contributed by atoms with Crippen LogP contribution < -0.4 is 14.8 Å². The second kappa shape index (κ2) is 9.66. The Hall–Kier alpha value is -3.32. The summed E-state index contributed by atoms with van der Waals surface area (Å²) in [5.74, 6) is 0.155. The number of nitrogens with one attached hydrogen (secondary N) is 1. The van der Waals surface area contributed by atoms with Gasteiger partial charge in [0.1, 0.15) is 17.3 Å². The maximum atomic E-state index is 13.6. The van der Waals surface area contributed by atoms with Gasteiger partial charge in [0.05, 0.1) is 19.8 Å². The van der Waals surface area contributed by atoms with Crippen LogP contribution in [0.5, 0.6) is 11.5 Å². The van der Waals surface area contributed by atoms with E-state index in [2.05, 4.69) is 5.32 Å². The average Bonchev–Trinajstić information content (AvgIpc) is 2.98. The van der Waals surface area contributed by atoms with Crippen LogP contribution in [0.2, 0.25) is 0 Å². The highest BCUT2D eigenvalue weighted by molar-refractivity contribution is 5.91. The highest BCUT2D eigenvalue weighted by Crippen LogP contribution is 2.26. The van der Waals surface area contributed by atoms with Crippen LogP contribution in [-0.4, -0.2) is 29.9 Å². The van der Waals surface area contributed by atoms with E-state index in [0.29, 0.717) is 30.9 Å². The third-order valence-corrected chi connectivity index (χ3v) is 5.46. The summed E-state index contributed by atoms with van der Waals surface area (Å²) in [5, 5.41) is 13.1. The van der Waals surface area contributed by atoms with E-state index in [4.69, 9.17) is 9.47 Å². The highest BCUT2D eigenvalue weighted by atomic mass is 19.1. The van der Waals surface area contributed by atoms with Crippen LogP contribution in [0.3, 0.4) is 0 Å². The van der Waals surface area contributed by atoms with Gasteiger partial charge in [0.25, 0.3) is 0 Å². The molecule has 0 unspecified atom stereocenters. The second-order valence-corrected chi connectivity index (χ2v) is 7.33. The van der Waals surface area contributed by atoms with Crippen molar-refractivity contribution < 1.29 is 23.8 Å². The second-order valence-electron chi connectivity index (χ2n) is 7.33. The molecule has 6 nitrogen and oxygen atoms in total. The van der Waals surface area contributed by atoms with E-state index < -0.39 is 5.97 Å². The molecule has 3 aromatic rings.